The Labute approximate surface area is 133 Å². The van der Waals surface area contributed by atoms with Gasteiger partial charge in [0.1, 0.15) is 11.6 Å². The van der Waals surface area contributed by atoms with Crippen molar-refractivity contribution in [2.75, 3.05) is 19.0 Å². The van der Waals surface area contributed by atoms with E-state index in [-0.39, 0.29) is 0 Å². The van der Waals surface area contributed by atoms with Gasteiger partial charge in [0, 0.05) is 12.5 Å². The third-order valence-electron chi connectivity index (χ3n) is 3.92. The maximum absolute atomic E-state index is 5.32. The van der Waals surface area contributed by atoms with Crippen LogP contribution in [0.15, 0.2) is 28.7 Å². The summed E-state index contributed by atoms with van der Waals surface area (Å²) in [6, 6.07) is 8.30. The summed E-state index contributed by atoms with van der Waals surface area (Å²) in [6.07, 6.45) is 2.11. The predicted octanol–water partition coefficient (Wildman–Crippen LogP) is 3.82. The van der Waals surface area contributed by atoms with Crippen molar-refractivity contribution in [3.63, 3.8) is 0 Å². The zero-order chi connectivity index (χ0) is 14.8. The van der Waals surface area contributed by atoms with Gasteiger partial charge >= 0.3 is 0 Å². The molecule has 0 fully saturated rings. The van der Waals surface area contributed by atoms with Crippen molar-refractivity contribution in [3.05, 3.63) is 40.0 Å². The molecule has 0 aliphatic carbocycles. The second kappa shape index (κ2) is 6.10. The van der Waals surface area contributed by atoms with Gasteiger partial charge in [0.2, 0.25) is 0 Å². The van der Waals surface area contributed by atoms with Gasteiger partial charge in [-0.15, -0.1) is 0 Å². The smallest absolute Gasteiger partial charge is 0.139 e. The Morgan fingerprint density at radius 3 is 3.10 bits per heavy atom. The number of rotatable bonds is 4. The number of anilines is 1. The van der Waals surface area contributed by atoms with Crippen LogP contribution >= 0.6 is 15.9 Å². The third kappa shape index (κ3) is 2.79. The largest absolute Gasteiger partial charge is 0.497 e. The van der Waals surface area contributed by atoms with E-state index < -0.39 is 0 Å². The normalized spacial score (nSPS) is 17.2. The van der Waals surface area contributed by atoms with Crippen molar-refractivity contribution in [1.82, 2.24) is 9.78 Å². The van der Waals surface area contributed by atoms with Crippen LogP contribution in [-0.2, 0) is 13.0 Å². The highest BCUT2D eigenvalue weighted by atomic mass is 79.9. The summed E-state index contributed by atoms with van der Waals surface area (Å²) in [4.78, 5) is 0. The first-order chi connectivity index (χ1) is 10.2. The number of hydrogen-bond donors (Lipinski definition) is 1. The number of ether oxygens (including phenoxy) is 1. The maximum atomic E-state index is 5.32. The number of methoxy groups -OCH3 is 1. The molecule has 21 heavy (non-hydrogen) atoms. The topological polar surface area (TPSA) is 39.1 Å². The van der Waals surface area contributed by atoms with Gasteiger partial charge in [0.25, 0.3) is 0 Å². The lowest BCUT2D eigenvalue weighted by atomic mass is 9.97. The minimum absolute atomic E-state index is 0.411. The summed E-state index contributed by atoms with van der Waals surface area (Å²) < 4.78 is 8.52. The van der Waals surface area contributed by atoms with Gasteiger partial charge in [-0.05, 0) is 40.0 Å². The summed E-state index contributed by atoms with van der Waals surface area (Å²) in [5, 5.41) is 8.24. The highest BCUT2D eigenvalue weighted by Crippen LogP contribution is 2.34. The number of nitrogens with zero attached hydrogens (tertiary/aromatic N) is 2. The van der Waals surface area contributed by atoms with Crippen LogP contribution in [0.5, 0.6) is 5.75 Å². The standard InChI is InChI=1S/C16H20BrN3O/c1-3-5-14-15(17)16-18-9-12(10-20(16)19-14)11-6-4-7-13(8-11)21-2/h4,6-8,12,18H,3,5,9-10H2,1-2H3. The quantitative estimate of drug-likeness (QED) is 0.911. The first kappa shape index (κ1) is 14.4. The molecule has 1 aromatic heterocycles. The van der Waals surface area contributed by atoms with E-state index in [4.69, 9.17) is 9.84 Å². The molecular formula is C16H20BrN3O. The number of halogens is 1. The molecule has 5 heteroatoms. The summed E-state index contributed by atoms with van der Waals surface area (Å²) >= 11 is 3.67. The van der Waals surface area contributed by atoms with E-state index in [1.165, 1.54) is 5.56 Å². The maximum Gasteiger partial charge on any atom is 0.139 e. The monoisotopic (exact) mass is 349 g/mol. The van der Waals surface area contributed by atoms with Gasteiger partial charge in [-0.1, -0.05) is 25.5 Å². The van der Waals surface area contributed by atoms with Gasteiger partial charge in [-0.25, -0.2) is 4.68 Å². The van der Waals surface area contributed by atoms with Crippen LogP contribution in [0, 0.1) is 0 Å². The zero-order valence-electron chi connectivity index (χ0n) is 12.4. The lowest BCUT2D eigenvalue weighted by molar-refractivity contribution is 0.412. The summed E-state index contributed by atoms with van der Waals surface area (Å²) in [6.45, 7) is 4.00. The van der Waals surface area contributed by atoms with E-state index in [1.54, 1.807) is 7.11 Å². The number of fused-ring (bicyclic) bond motifs is 1. The molecule has 1 unspecified atom stereocenters. The Bertz CT molecular complexity index is 638. The predicted molar refractivity (Wildman–Crippen MR) is 88.1 cm³/mol. The molecule has 112 valence electrons. The van der Waals surface area contributed by atoms with E-state index in [9.17, 15) is 0 Å². The molecule has 0 saturated heterocycles. The molecule has 1 aliphatic rings. The molecule has 3 rings (SSSR count). The Balaban J connectivity index is 1.85. The van der Waals surface area contributed by atoms with Crippen LogP contribution in [0.25, 0.3) is 0 Å². The minimum Gasteiger partial charge on any atom is -0.497 e. The highest BCUT2D eigenvalue weighted by Gasteiger charge is 2.24. The number of hydrogen-bond acceptors (Lipinski definition) is 3. The fourth-order valence-corrected chi connectivity index (χ4v) is 3.42. The molecule has 1 atom stereocenters. The first-order valence-electron chi connectivity index (χ1n) is 7.36. The van der Waals surface area contributed by atoms with Crippen molar-refractivity contribution in [2.24, 2.45) is 0 Å². The molecule has 0 radical (unpaired) electrons. The molecule has 0 spiro atoms. The SMILES string of the molecule is CCCc1nn2c(c1Br)NCC(c1cccc(OC)c1)C2. The molecule has 1 aliphatic heterocycles. The Hall–Kier alpha value is -1.49. The van der Waals surface area contributed by atoms with Crippen LogP contribution in [0.2, 0.25) is 0 Å². The average Bonchev–Trinajstić information content (AvgIpc) is 2.83. The number of nitrogens with one attached hydrogen (secondary N) is 1. The van der Waals surface area contributed by atoms with Crippen LogP contribution in [0.4, 0.5) is 5.82 Å². The van der Waals surface area contributed by atoms with Gasteiger partial charge in [-0.2, -0.15) is 5.10 Å². The second-order valence-corrected chi connectivity index (χ2v) is 6.19. The summed E-state index contributed by atoms with van der Waals surface area (Å²) in [7, 11) is 1.71. The van der Waals surface area contributed by atoms with E-state index in [0.717, 1.165) is 47.7 Å². The fourth-order valence-electron chi connectivity index (χ4n) is 2.80. The second-order valence-electron chi connectivity index (χ2n) is 5.40. The van der Waals surface area contributed by atoms with Crippen molar-refractivity contribution in [2.45, 2.75) is 32.2 Å². The fraction of sp³-hybridized carbons (Fsp3) is 0.438. The number of benzene rings is 1. The first-order valence-corrected chi connectivity index (χ1v) is 8.15. The van der Waals surface area contributed by atoms with Crippen molar-refractivity contribution in [1.29, 1.82) is 0 Å². The molecule has 2 heterocycles. The Kier molecular flexibility index (Phi) is 4.19. The third-order valence-corrected chi connectivity index (χ3v) is 4.76. The Morgan fingerprint density at radius 1 is 1.48 bits per heavy atom. The molecule has 2 aromatic rings. The van der Waals surface area contributed by atoms with Crippen molar-refractivity contribution < 1.29 is 4.74 Å². The number of aryl methyl sites for hydroxylation is 1. The van der Waals surface area contributed by atoms with Crippen molar-refractivity contribution >= 4 is 21.7 Å². The van der Waals surface area contributed by atoms with E-state index in [1.807, 2.05) is 12.1 Å². The molecule has 1 aromatic carbocycles. The van der Waals surface area contributed by atoms with Crippen LogP contribution in [0.1, 0.15) is 30.5 Å². The van der Waals surface area contributed by atoms with Crippen molar-refractivity contribution in [3.8, 4) is 5.75 Å². The molecule has 0 saturated carbocycles. The van der Waals surface area contributed by atoms with Crippen LogP contribution in [-0.4, -0.2) is 23.4 Å². The van der Waals surface area contributed by atoms with Gasteiger partial charge in [0.15, 0.2) is 0 Å². The number of aromatic nitrogens is 2. The zero-order valence-corrected chi connectivity index (χ0v) is 14.0. The summed E-state index contributed by atoms with van der Waals surface area (Å²) in [5.74, 6) is 2.43. The molecule has 0 amide bonds. The highest BCUT2D eigenvalue weighted by molar-refractivity contribution is 9.10. The molecule has 0 bridgehead atoms. The average molecular weight is 350 g/mol. The Morgan fingerprint density at radius 2 is 2.33 bits per heavy atom. The van der Waals surface area contributed by atoms with Gasteiger partial charge in [0.05, 0.1) is 23.8 Å². The van der Waals surface area contributed by atoms with E-state index >= 15 is 0 Å². The lowest BCUT2D eigenvalue weighted by Gasteiger charge is -2.25. The van der Waals surface area contributed by atoms with E-state index in [0.29, 0.717) is 5.92 Å². The molecule has 1 N–H and O–H groups in total. The van der Waals surface area contributed by atoms with E-state index in [2.05, 4.69) is 45.0 Å². The van der Waals surface area contributed by atoms with Gasteiger partial charge in [-0.3, -0.25) is 0 Å². The van der Waals surface area contributed by atoms with Crippen LogP contribution < -0.4 is 10.1 Å². The summed E-state index contributed by atoms with van der Waals surface area (Å²) in [5.41, 5.74) is 2.43. The minimum atomic E-state index is 0.411. The lowest BCUT2D eigenvalue weighted by Crippen LogP contribution is -2.26. The van der Waals surface area contributed by atoms with Gasteiger partial charge < -0.3 is 10.1 Å². The molecule has 4 nitrogen and oxygen atoms in total. The molecular weight excluding hydrogens is 330 g/mol. The van der Waals surface area contributed by atoms with Crippen LogP contribution in [0.3, 0.4) is 0 Å².